The molecule has 0 fully saturated rings. The first-order valence-corrected chi connectivity index (χ1v) is 7.32. The molecular weight excluding hydrogens is 282 g/mol. The zero-order chi connectivity index (χ0) is 16.8. The minimum Gasteiger partial charge on any atom is -0.394 e. The van der Waals surface area contributed by atoms with E-state index in [0.29, 0.717) is 5.69 Å². The first-order chi connectivity index (χ1) is 10.3. The van der Waals surface area contributed by atoms with Crippen molar-refractivity contribution >= 4 is 17.6 Å². The summed E-state index contributed by atoms with van der Waals surface area (Å²) in [7, 11) is 0. The fourth-order valence-electron chi connectivity index (χ4n) is 1.80. The van der Waals surface area contributed by atoms with Crippen molar-refractivity contribution in [2.75, 3.05) is 11.9 Å². The normalized spacial score (nSPS) is 12.6. The maximum atomic E-state index is 12.3. The quantitative estimate of drug-likeness (QED) is 0.645. The largest absolute Gasteiger partial charge is 0.394 e. The lowest BCUT2D eigenvalue weighted by Gasteiger charge is -2.29. The van der Waals surface area contributed by atoms with Crippen LogP contribution in [0.4, 0.5) is 10.5 Å². The lowest BCUT2D eigenvalue weighted by molar-refractivity contribution is -0.127. The molecule has 122 valence electrons. The summed E-state index contributed by atoms with van der Waals surface area (Å²) in [6, 6.07) is 8.17. The lowest BCUT2D eigenvalue weighted by atomic mass is 10.0. The molecule has 3 amide bonds. The topological polar surface area (TPSA) is 90.5 Å². The third-order valence-corrected chi connectivity index (χ3v) is 3.34. The van der Waals surface area contributed by atoms with Gasteiger partial charge in [-0.05, 0) is 31.9 Å². The van der Waals surface area contributed by atoms with Gasteiger partial charge in [0.05, 0.1) is 12.6 Å². The number of anilines is 1. The van der Waals surface area contributed by atoms with E-state index < -0.39 is 11.6 Å². The van der Waals surface area contributed by atoms with Crippen LogP contribution in [0, 0.1) is 5.92 Å². The van der Waals surface area contributed by atoms with E-state index in [4.69, 9.17) is 0 Å². The standard InChI is InChI=1S/C16H25N3O3/c1-11(2)13(10-20)18-14(21)16(3,4)19-15(22)17-12-8-6-5-7-9-12/h5-9,11,13,20H,10H2,1-4H3,(H,18,21)(H2,17,19,22)/t13-/m1/s1. The van der Waals surface area contributed by atoms with Gasteiger partial charge in [-0.15, -0.1) is 0 Å². The van der Waals surface area contributed by atoms with Gasteiger partial charge in [-0.2, -0.15) is 0 Å². The first kappa shape index (κ1) is 18.0. The monoisotopic (exact) mass is 307 g/mol. The number of benzene rings is 1. The third-order valence-electron chi connectivity index (χ3n) is 3.34. The number of hydrogen-bond acceptors (Lipinski definition) is 3. The summed E-state index contributed by atoms with van der Waals surface area (Å²) in [5, 5.41) is 17.3. The van der Waals surface area contributed by atoms with Crippen LogP contribution in [0.25, 0.3) is 0 Å². The zero-order valence-electron chi connectivity index (χ0n) is 13.5. The van der Waals surface area contributed by atoms with Crippen molar-refractivity contribution in [2.24, 2.45) is 5.92 Å². The van der Waals surface area contributed by atoms with Gasteiger partial charge in [-0.25, -0.2) is 4.79 Å². The van der Waals surface area contributed by atoms with Crippen molar-refractivity contribution in [3.8, 4) is 0 Å². The number of para-hydroxylation sites is 1. The Balaban J connectivity index is 2.61. The molecule has 1 rings (SSSR count). The molecule has 22 heavy (non-hydrogen) atoms. The van der Waals surface area contributed by atoms with Gasteiger partial charge in [0.15, 0.2) is 0 Å². The Kier molecular flexibility index (Phi) is 6.37. The van der Waals surface area contributed by atoms with Crippen LogP contribution in [0.2, 0.25) is 0 Å². The van der Waals surface area contributed by atoms with E-state index >= 15 is 0 Å². The minimum atomic E-state index is -1.10. The highest BCUT2D eigenvalue weighted by molar-refractivity contribution is 5.95. The fraction of sp³-hybridized carbons (Fsp3) is 0.500. The Bertz CT molecular complexity index is 501. The smallest absolute Gasteiger partial charge is 0.320 e. The Morgan fingerprint density at radius 3 is 2.27 bits per heavy atom. The van der Waals surface area contributed by atoms with E-state index in [9.17, 15) is 14.7 Å². The maximum Gasteiger partial charge on any atom is 0.320 e. The van der Waals surface area contributed by atoms with E-state index in [0.717, 1.165) is 0 Å². The molecule has 0 bridgehead atoms. The summed E-state index contributed by atoms with van der Waals surface area (Å²) in [6.45, 7) is 6.90. The molecular formula is C16H25N3O3. The molecule has 1 aromatic rings. The second-order valence-corrected chi connectivity index (χ2v) is 6.08. The second-order valence-electron chi connectivity index (χ2n) is 6.08. The molecule has 0 aliphatic heterocycles. The van der Waals surface area contributed by atoms with E-state index in [1.54, 1.807) is 26.0 Å². The summed E-state index contributed by atoms with van der Waals surface area (Å²) >= 11 is 0. The van der Waals surface area contributed by atoms with Crippen molar-refractivity contribution < 1.29 is 14.7 Å². The van der Waals surface area contributed by atoms with Gasteiger partial charge in [0.1, 0.15) is 5.54 Å². The molecule has 1 atom stereocenters. The second kappa shape index (κ2) is 7.79. The zero-order valence-corrected chi connectivity index (χ0v) is 13.5. The van der Waals surface area contributed by atoms with Gasteiger partial charge in [-0.3, -0.25) is 4.79 Å². The summed E-state index contributed by atoms with van der Waals surface area (Å²) in [4.78, 5) is 24.2. The summed E-state index contributed by atoms with van der Waals surface area (Å²) < 4.78 is 0. The van der Waals surface area contributed by atoms with Crippen molar-refractivity contribution in [1.82, 2.24) is 10.6 Å². The van der Waals surface area contributed by atoms with Gasteiger partial charge in [0.2, 0.25) is 5.91 Å². The van der Waals surface area contributed by atoms with Crippen LogP contribution in [0.1, 0.15) is 27.7 Å². The number of nitrogens with one attached hydrogen (secondary N) is 3. The molecule has 0 aliphatic rings. The van der Waals surface area contributed by atoms with Gasteiger partial charge in [-0.1, -0.05) is 32.0 Å². The first-order valence-electron chi connectivity index (χ1n) is 7.32. The number of carbonyl (C=O) groups is 2. The predicted octanol–water partition coefficient (Wildman–Crippen LogP) is 1.72. The van der Waals surface area contributed by atoms with Crippen LogP contribution >= 0.6 is 0 Å². The van der Waals surface area contributed by atoms with Crippen molar-refractivity contribution in [2.45, 2.75) is 39.3 Å². The molecule has 6 nitrogen and oxygen atoms in total. The molecule has 1 aromatic carbocycles. The predicted molar refractivity (Wildman–Crippen MR) is 86.5 cm³/mol. The highest BCUT2D eigenvalue weighted by Crippen LogP contribution is 2.09. The Labute approximate surface area is 131 Å². The Morgan fingerprint density at radius 2 is 1.77 bits per heavy atom. The number of amides is 3. The van der Waals surface area contributed by atoms with Gasteiger partial charge >= 0.3 is 6.03 Å². The molecule has 0 aromatic heterocycles. The van der Waals surface area contributed by atoms with Gasteiger partial charge in [0, 0.05) is 5.69 Å². The molecule has 0 unspecified atom stereocenters. The van der Waals surface area contributed by atoms with Crippen molar-refractivity contribution in [1.29, 1.82) is 0 Å². The van der Waals surface area contributed by atoms with Crippen LogP contribution in [0.5, 0.6) is 0 Å². The maximum absolute atomic E-state index is 12.3. The number of aliphatic hydroxyl groups is 1. The highest BCUT2D eigenvalue weighted by atomic mass is 16.3. The number of carbonyl (C=O) groups excluding carboxylic acids is 2. The minimum absolute atomic E-state index is 0.0999. The van der Waals surface area contributed by atoms with E-state index in [2.05, 4.69) is 16.0 Å². The van der Waals surface area contributed by atoms with Gasteiger partial charge in [0.25, 0.3) is 0 Å². The third kappa shape index (κ3) is 5.37. The van der Waals surface area contributed by atoms with Crippen molar-refractivity contribution in [3.05, 3.63) is 30.3 Å². The van der Waals surface area contributed by atoms with E-state index in [1.807, 2.05) is 32.0 Å². The summed E-state index contributed by atoms with van der Waals surface area (Å²) in [6.07, 6.45) is 0. The number of urea groups is 1. The molecule has 0 spiro atoms. The molecule has 4 N–H and O–H groups in total. The average molecular weight is 307 g/mol. The molecule has 0 saturated carbocycles. The van der Waals surface area contributed by atoms with Crippen LogP contribution < -0.4 is 16.0 Å². The molecule has 0 saturated heterocycles. The van der Waals surface area contributed by atoms with E-state index in [-0.39, 0.29) is 24.5 Å². The van der Waals surface area contributed by atoms with Crippen LogP contribution in [-0.4, -0.2) is 35.2 Å². The molecule has 6 heteroatoms. The molecule has 0 aliphatic carbocycles. The fourth-order valence-corrected chi connectivity index (χ4v) is 1.80. The molecule has 0 radical (unpaired) electrons. The van der Waals surface area contributed by atoms with Crippen LogP contribution in [0.3, 0.4) is 0 Å². The Hall–Kier alpha value is -2.08. The van der Waals surface area contributed by atoms with Gasteiger partial charge < -0.3 is 21.1 Å². The number of rotatable bonds is 6. The number of aliphatic hydroxyl groups excluding tert-OH is 1. The Morgan fingerprint density at radius 1 is 1.18 bits per heavy atom. The average Bonchev–Trinajstić information content (AvgIpc) is 2.44. The SMILES string of the molecule is CC(C)[C@@H](CO)NC(=O)C(C)(C)NC(=O)Nc1ccccc1. The van der Waals surface area contributed by atoms with Crippen molar-refractivity contribution in [3.63, 3.8) is 0 Å². The summed E-state index contributed by atoms with van der Waals surface area (Å²) in [5.41, 5.74) is -0.451. The molecule has 0 heterocycles. The van der Waals surface area contributed by atoms with Crippen LogP contribution in [0.15, 0.2) is 30.3 Å². The lowest BCUT2D eigenvalue weighted by Crippen LogP contribution is -2.58. The van der Waals surface area contributed by atoms with Crippen LogP contribution in [-0.2, 0) is 4.79 Å². The highest BCUT2D eigenvalue weighted by Gasteiger charge is 2.31. The number of hydrogen-bond donors (Lipinski definition) is 4. The van der Waals surface area contributed by atoms with E-state index in [1.165, 1.54) is 0 Å². The summed E-state index contributed by atoms with van der Waals surface area (Å²) in [5.74, 6) is -0.244.